The van der Waals surface area contributed by atoms with Crippen molar-refractivity contribution in [2.75, 3.05) is 0 Å². The van der Waals surface area contributed by atoms with Crippen molar-refractivity contribution in [2.45, 2.75) is 58.8 Å². The van der Waals surface area contributed by atoms with Crippen molar-refractivity contribution in [1.29, 1.82) is 0 Å². The summed E-state index contributed by atoms with van der Waals surface area (Å²) in [7, 11) is 0. The second-order valence-corrected chi connectivity index (χ2v) is 6.67. The monoisotopic (exact) mass is 287 g/mol. The first-order valence-electron chi connectivity index (χ1n) is 7.89. The van der Waals surface area contributed by atoms with Crippen LogP contribution in [-0.4, -0.2) is 26.8 Å². The van der Waals surface area contributed by atoms with Crippen LogP contribution in [-0.2, 0) is 13.1 Å². The number of rotatable bonds is 5. The van der Waals surface area contributed by atoms with E-state index in [2.05, 4.69) is 48.9 Å². The van der Waals surface area contributed by atoms with E-state index >= 15 is 0 Å². The van der Waals surface area contributed by atoms with Crippen LogP contribution in [0.25, 0.3) is 11.0 Å². The fraction of sp³-hybridized carbons (Fsp3) is 0.588. The van der Waals surface area contributed by atoms with E-state index in [9.17, 15) is 5.11 Å². The maximum Gasteiger partial charge on any atom is 0.123 e. The Morgan fingerprint density at radius 3 is 2.81 bits per heavy atom. The largest absolute Gasteiger partial charge is 0.392 e. The molecule has 114 valence electrons. The van der Waals surface area contributed by atoms with Gasteiger partial charge >= 0.3 is 0 Å². The van der Waals surface area contributed by atoms with Crippen LogP contribution in [0, 0.1) is 5.41 Å². The van der Waals surface area contributed by atoms with Crippen molar-refractivity contribution in [3.8, 4) is 0 Å². The molecule has 2 atom stereocenters. The number of aliphatic hydroxyl groups is 1. The van der Waals surface area contributed by atoms with Crippen molar-refractivity contribution in [3.05, 3.63) is 30.1 Å². The van der Waals surface area contributed by atoms with Gasteiger partial charge < -0.3 is 15.0 Å². The van der Waals surface area contributed by atoms with Crippen molar-refractivity contribution in [1.82, 2.24) is 14.9 Å². The van der Waals surface area contributed by atoms with Crippen LogP contribution in [0.1, 0.15) is 39.4 Å². The molecule has 1 aromatic carbocycles. The first-order valence-corrected chi connectivity index (χ1v) is 7.89. The maximum atomic E-state index is 9.84. The molecule has 4 heteroatoms. The highest BCUT2D eigenvalue weighted by molar-refractivity contribution is 5.75. The van der Waals surface area contributed by atoms with E-state index in [4.69, 9.17) is 4.98 Å². The molecule has 1 heterocycles. The number of imidazole rings is 1. The van der Waals surface area contributed by atoms with Gasteiger partial charge in [-0.3, -0.25) is 0 Å². The van der Waals surface area contributed by atoms with Crippen molar-refractivity contribution < 1.29 is 5.11 Å². The summed E-state index contributed by atoms with van der Waals surface area (Å²) in [4.78, 5) is 4.77. The van der Waals surface area contributed by atoms with Crippen LogP contribution >= 0.6 is 0 Å². The summed E-state index contributed by atoms with van der Waals surface area (Å²) in [5.41, 5.74) is 2.24. The Kier molecular flexibility index (Phi) is 3.76. The molecule has 0 amide bonds. The lowest BCUT2D eigenvalue weighted by Gasteiger charge is -2.49. The van der Waals surface area contributed by atoms with E-state index in [1.165, 1.54) is 5.52 Å². The summed E-state index contributed by atoms with van der Waals surface area (Å²) in [6.07, 6.45) is 1.74. The van der Waals surface area contributed by atoms with Crippen LogP contribution in [0.2, 0.25) is 0 Å². The number of hydrogen-bond donors (Lipinski definition) is 2. The number of para-hydroxylation sites is 2. The second kappa shape index (κ2) is 5.43. The highest BCUT2D eigenvalue weighted by atomic mass is 16.3. The summed E-state index contributed by atoms with van der Waals surface area (Å²) in [5.74, 6) is 1.09. The molecule has 2 N–H and O–H groups in total. The molecule has 0 saturated heterocycles. The van der Waals surface area contributed by atoms with Gasteiger partial charge in [0.15, 0.2) is 0 Å². The van der Waals surface area contributed by atoms with Gasteiger partial charge in [-0.1, -0.05) is 32.9 Å². The lowest BCUT2D eigenvalue weighted by molar-refractivity contribution is -0.0732. The average molecular weight is 287 g/mol. The van der Waals surface area contributed by atoms with Crippen LogP contribution in [0.15, 0.2) is 24.3 Å². The highest BCUT2D eigenvalue weighted by Gasteiger charge is 2.46. The van der Waals surface area contributed by atoms with Gasteiger partial charge in [-0.25, -0.2) is 4.98 Å². The fourth-order valence-corrected chi connectivity index (χ4v) is 3.20. The molecule has 4 nitrogen and oxygen atoms in total. The minimum atomic E-state index is -0.190. The molecule has 0 radical (unpaired) electrons. The number of hydrogen-bond acceptors (Lipinski definition) is 3. The normalized spacial score (nSPS) is 24.2. The number of fused-ring (bicyclic) bond motifs is 1. The molecule has 0 spiro atoms. The zero-order valence-electron chi connectivity index (χ0n) is 13.1. The van der Waals surface area contributed by atoms with Gasteiger partial charge in [-0.05, 0) is 25.0 Å². The summed E-state index contributed by atoms with van der Waals surface area (Å²) >= 11 is 0. The molecule has 1 fully saturated rings. The molecular weight excluding hydrogens is 262 g/mol. The molecule has 1 saturated carbocycles. The van der Waals surface area contributed by atoms with Crippen molar-refractivity contribution in [3.63, 3.8) is 0 Å². The van der Waals surface area contributed by atoms with Gasteiger partial charge in [0, 0.05) is 18.0 Å². The van der Waals surface area contributed by atoms with Crippen LogP contribution in [0.4, 0.5) is 0 Å². The standard InChI is InChI=1S/C17H25N3O/c1-4-9-20-13-8-6-5-7-12(13)19-16(20)11-18-14-10-15(21)17(14,2)3/h5-8,14-15,18,21H,4,9-11H2,1-3H3. The summed E-state index contributed by atoms with van der Waals surface area (Å²) < 4.78 is 2.31. The minimum absolute atomic E-state index is 0.0401. The number of aryl methyl sites for hydroxylation is 1. The summed E-state index contributed by atoms with van der Waals surface area (Å²) in [6, 6.07) is 8.68. The maximum absolute atomic E-state index is 9.84. The molecule has 0 bridgehead atoms. The van der Waals surface area contributed by atoms with E-state index in [-0.39, 0.29) is 11.5 Å². The third-order valence-corrected chi connectivity index (χ3v) is 4.90. The Morgan fingerprint density at radius 1 is 1.38 bits per heavy atom. The lowest BCUT2D eigenvalue weighted by Crippen LogP contribution is -2.59. The third-order valence-electron chi connectivity index (χ3n) is 4.90. The van der Waals surface area contributed by atoms with Gasteiger partial charge in [-0.2, -0.15) is 0 Å². The van der Waals surface area contributed by atoms with Crippen LogP contribution < -0.4 is 5.32 Å². The zero-order valence-corrected chi connectivity index (χ0v) is 13.1. The highest BCUT2D eigenvalue weighted by Crippen LogP contribution is 2.40. The van der Waals surface area contributed by atoms with E-state index in [1.54, 1.807) is 0 Å². The average Bonchev–Trinajstić information content (AvgIpc) is 2.82. The minimum Gasteiger partial charge on any atom is -0.392 e. The topological polar surface area (TPSA) is 50.1 Å². The number of nitrogens with zero attached hydrogens (tertiary/aromatic N) is 2. The predicted octanol–water partition coefficient (Wildman–Crippen LogP) is 2.70. The van der Waals surface area contributed by atoms with Crippen LogP contribution in [0.3, 0.4) is 0 Å². The summed E-state index contributed by atoms with van der Waals surface area (Å²) in [6.45, 7) is 8.18. The molecule has 3 rings (SSSR count). The van der Waals surface area contributed by atoms with Gasteiger partial charge in [0.05, 0.1) is 23.7 Å². The van der Waals surface area contributed by atoms with Crippen LogP contribution in [0.5, 0.6) is 0 Å². The Bertz CT molecular complexity index is 632. The number of aromatic nitrogens is 2. The summed E-state index contributed by atoms with van der Waals surface area (Å²) in [5, 5.41) is 13.4. The molecule has 2 unspecified atom stereocenters. The van der Waals surface area contributed by atoms with Crippen molar-refractivity contribution in [2.24, 2.45) is 5.41 Å². The first kappa shape index (κ1) is 14.5. The smallest absolute Gasteiger partial charge is 0.123 e. The Morgan fingerprint density at radius 2 is 2.14 bits per heavy atom. The molecule has 1 aliphatic rings. The third kappa shape index (κ3) is 2.47. The second-order valence-electron chi connectivity index (χ2n) is 6.67. The van der Waals surface area contributed by atoms with Gasteiger partial charge in [0.25, 0.3) is 0 Å². The zero-order chi connectivity index (χ0) is 15.0. The van der Waals surface area contributed by atoms with E-state index in [1.807, 2.05) is 6.07 Å². The molecule has 1 aromatic heterocycles. The first-order chi connectivity index (χ1) is 10.0. The van der Waals surface area contributed by atoms with Crippen molar-refractivity contribution >= 4 is 11.0 Å². The van der Waals surface area contributed by atoms with Gasteiger partial charge in [0.1, 0.15) is 5.82 Å². The number of aliphatic hydroxyl groups excluding tert-OH is 1. The molecular formula is C17H25N3O. The molecule has 2 aromatic rings. The molecule has 21 heavy (non-hydrogen) atoms. The lowest BCUT2D eigenvalue weighted by atomic mass is 9.64. The predicted molar refractivity (Wildman–Crippen MR) is 85.1 cm³/mol. The Balaban J connectivity index is 1.79. The Labute approximate surface area is 126 Å². The number of nitrogens with one attached hydrogen (secondary N) is 1. The van der Waals surface area contributed by atoms with E-state index < -0.39 is 0 Å². The van der Waals surface area contributed by atoms with Gasteiger partial charge in [0.2, 0.25) is 0 Å². The fourth-order valence-electron chi connectivity index (χ4n) is 3.20. The van der Waals surface area contributed by atoms with E-state index in [0.717, 1.165) is 37.3 Å². The Hall–Kier alpha value is -1.39. The number of benzene rings is 1. The van der Waals surface area contributed by atoms with E-state index in [0.29, 0.717) is 6.04 Å². The SMILES string of the molecule is CCCn1c(CNC2CC(O)C2(C)C)nc2ccccc21. The quantitative estimate of drug-likeness (QED) is 0.889. The van der Waals surface area contributed by atoms with Gasteiger partial charge in [-0.15, -0.1) is 0 Å². The molecule has 0 aliphatic heterocycles. The molecule has 1 aliphatic carbocycles.